The van der Waals surface area contributed by atoms with E-state index in [2.05, 4.69) is 15.3 Å². The van der Waals surface area contributed by atoms with Crippen molar-refractivity contribution in [3.63, 3.8) is 0 Å². The van der Waals surface area contributed by atoms with Crippen LogP contribution in [0.2, 0.25) is 10.0 Å². The van der Waals surface area contributed by atoms with E-state index < -0.39 is 0 Å². The number of aromatic nitrogens is 2. The molecular formula is C12H11Cl2N3O. The van der Waals surface area contributed by atoms with Gasteiger partial charge in [0.25, 0.3) is 0 Å². The number of nitrogens with zero attached hydrogens (tertiary/aromatic N) is 2. The van der Waals surface area contributed by atoms with E-state index in [1.165, 1.54) is 0 Å². The van der Waals surface area contributed by atoms with Crippen molar-refractivity contribution >= 4 is 29.0 Å². The Kier molecular flexibility index (Phi) is 4.23. The van der Waals surface area contributed by atoms with Crippen LogP contribution in [-0.4, -0.2) is 17.0 Å². The Bertz CT molecular complexity index is 531. The fourth-order valence-electron chi connectivity index (χ4n) is 1.31. The monoisotopic (exact) mass is 283 g/mol. The summed E-state index contributed by atoms with van der Waals surface area (Å²) in [6.07, 6.45) is 3.28. The van der Waals surface area contributed by atoms with Gasteiger partial charge in [-0.15, -0.1) is 0 Å². The van der Waals surface area contributed by atoms with Gasteiger partial charge in [-0.25, -0.2) is 4.98 Å². The zero-order valence-electron chi connectivity index (χ0n) is 9.65. The van der Waals surface area contributed by atoms with Crippen molar-refractivity contribution in [1.29, 1.82) is 0 Å². The molecule has 0 aliphatic carbocycles. The molecule has 94 valence electrons. The van der Waals surface area contributed by atoms with Crippen LogP contribution in [0.3, 0.4) is 0 Å². The molecule has 1 N–H and O–H groups in total. The van der Waals surface area contributed by atoms with Crippen LogP contribution in [0.1, 0.15) is 5.69 Å². The van der Waals surface area contributed by atoms with Crippen LogP contribution in [0.25, 0.3) is 0 Å². The second-order valence-electron chi connectivity index (χ2n) is 3.48. The van der Waals surface area contributed by atoms with E-state index in [9.17, 15) is 0 Å². The Hall–Kier alpha value is -1.52. The summed E-state index contributed by atoms with van der Waals surface area (Å²) in [6.45, 7) is 0.289. The van der Waals surface area contributed by atoms with Gasteiger partial charge in [0.15, 0.2) is 0 Å². The molecule has 2 rings (SSSR count). The number of halogens is 2. The first kappa shape index (κ1) is 12.9. The molecule has 0 saturated carbocycles. The van der Waals surface area contributed by atoms with E-state index in [4.69, 9.17) is 27.9 Å². The number of anilines is 1. The van der Waals surface area contributed by atoms with Crippen molar-refractivity contribution in [3.8, 4) is 5.75 Å². The maximum atomic E-state index is 6.00. The van der Waals surface area contributed by atoms with Crippen molar-refractivity contribution in [3.05, 3.63) is 46.3 Å². The first-order valence-corrected chi connectivity index (χ1v) is 6.02. The van der Waals surface area contributed by atoms with Crippen LogP contribution in [0.5, 0.6) is 5.75 Å². The lowest BCUT2D eigenvalue weighted by atomic mass is 10.3. The zero-order valence-corrected chi connectivity index (χ0v) is 11.2. The number of hydrogen-bond acceptors (Lipinski definition) is 4. The lowest BCUT2D eigenvalue weighted by molar-refractivity contribution is 0.301. The fraction of sp³-hybridized carbons (Fsp3) is 0.167. The highest BCUT2D eigenvalue weighted by molar-refractivity contribution is 6.42. The van der Waals surface area contributed by atoms with Gasteiger partial charge in [0.2, 0.25) is 0 Å². The van der Waals surface area contributed by atoms with Crippen molar-refractivity contribution in [1.82, 2.24) is 9.97 Å². The van der Waals surface area contributed by atoms with Gasteiger partial charge in [-0.2, -0.15) is 0 Å². The molecule has 18 heavy (non-hydrogen) atoms. The average Bonchev–Trinajstić information content (AvgIpc) is 2.41. The number of benzene rings is 1. The van der Waals surface area contributed by atoms with E-state index in [1.807, 2.05) is 0 Å². The molecular weight excluding hydrogens is 273 g/mol. The quantitative estimate of drug-likeness (QED) is 0.934. The third kappa shape index (κ3) is 3.03. The Morgan fingerprint density at radius 2 is 2.06 bits per heavy atom. The molecule has 1 aromatic carbocycles. The average molecular weight is 284 g/mol. The third-order valence-electron chi connectivity index (χ3n) is 2.25. The number of ether oxygens (including phenoxy) is 1. The molecule has 0 atom stereocenters. The smallest absolute Gasteiger partial charge is 0.144 e. The molecule has 0 spiro atoms. The summed E-state index contributed by atoms with van der Waals surface area (Å²) in [5.41, 5.74) is 0.713. The van der Waals surface area contributed by atoms with E-state index >= 15 is 0 Å². The van der Waals surface area contributed by atoms with Crippen molar-refractivity contribution in [2.24, 2.45) is 0 Å². The molecule has 0 fully saturated rings. The normalized spacial score (nSPS) is 10.2. The molecule has 0 radical (unpaired) electrons. The Balaban J connectivity index is 2.04. The highest BCUT2D eigenvalue weighted by Gasteiger charge is 2.06. The molecule has 1 heterocycles. The molecule has 0 amide bonds. The van der Waals surface area contributed by atoms with Crippen LogP contribution in [0.4, 0.5) is 5.82 Å². The summed E-state index contributed by atoms with van der Waals surface area (Å²) in [7, 11) is 1.78. The molecule has 0 aliphatic heterocycles. The van der Waals surface area contributed by atoms with E-state index in [1.54, 1.807) is 37.6 Å². The lowest BCUT2D eigenvalue weighted by Crippen LogP contribution is -2.01. The highest BCUT2D eigenvalue weighted by Crippen LogP contribution is 2.31. The first-order chi connectivity index (χ1) is 8.70. The van der Waals surface area contributed by atoms with E-state index in [0.29, 0.717) is 27.3 Å². The van der Waals surface area contributed by atoms with Crippen LogP contribution < -0.4 is 10.1 Å². The second-order valence-corrected chi connectivity index (χ2v) is 4.27. The van der Waals surface area contributed by atoms with Gasteiger partial charge in [0.1, 0.15) is 23.2 Å². The van der Waals surface area contributed by atoms with Crippen LogP contribution in [-0.2, 0) is 6.61 Å². The van der Waals surface area contributed by atoms with Gasteiger partial charge in [0, 0.05) is 7.05 Å². The molecule has 0 aliphatic rings. The van der Waals surface area contributed by atoms with Gasteiger partial charge < -0.3 is 10.1 Å². The lowest BCUT2D eigenvalue weighted by Gasteiger charge is -2.08. The topological polar surface area (TPSA) is 47.0 Å². The Morgan fingerprint density at radius 3 is 2.72 bits per heavy atom. The minimum Gasteiger partial charge on any atom is -0.486 e. The summed E-state index contributed by atoms with van der Waals surface area (Å²) < 4.78 is 5.54. The molecule has 4 nitrogen and oxygen atoms in total. The minimum atomic E-state index is 0.289. The maximum absolute atomic E-state index is 6.00. The van der Waals surface area contributed by atoms with Gasteiger partial charge in [-0.05, 0) is 12.1 Å². The number of rotatable bonds is 4. The molecule has 0 unspecified atom stereocenters. The largest absolute Gasteiger partial charge is 0.486 e. The highest BCUT2D eigenvalue weighted by atomic mass is 35.5. The number of hydrogen-bond donors (Lipinski definition) is 1. The maximum Gasteiger partial charge on any atom is 0.144 e. The third-order valence-corrected chi connectivity index (χ3v) is 3.05. The molecule has 1 aromatic heterocycles. The van der Waals surface area contributed by atoms with Gasteiger partial charge >= 0.3 is 0 Å². The van der Waals surface area contributed by atoms with Crippen molar-refractivity contribution in [2.75, 3.05) is 12.4 Å². The summed E-state index contributed by atoms with van der Waals surface area (Å²) in [5.74, 6) is 1.24. The molecule has 0 bridgehead atoms. The summed E-state index contributed by atoms with van der Waals surface area (Å²) in [5, 5.41) is 3.76. The zero-order chi connectivity index (χ0) is 13.0. The summed E-state index contributed by atoms with van der Waals surface area (Å²) >= 11 is 11.9. The van der Waals surface area contributed by atoms with Gasteiger partial charge in [0.05, 0.1) is 23.1 Å². The molecule has 2 aromatic rings. The second kappa shape index (κ2) is 5.89. The van der Waals surface area contributed by atoms with Gasteiger partial charge in [-0.1, -0.05) is 29.3 Å². The van der Waals surface area contributed by atoms with Crippen molar-refractivity contribution < 1.29 is 4.74 Å². The van der Waals surface area contributed by atoms with E-state index in [0.717, 1.165) is 0 Å². The Labute approximate surface area is 115 Å². The first-order valence-electron chi connectivity index (χ1n) is 5.26. The van der Waals surface area contributed by atoms with Gasteiger partial charge in [-0.3, -0.25) is 4.98 Å². The van der Waals surface area contributed by atoms with E-state index in [-0.39, 0.29) is 6.61 Å². The predicted octanol–water partition coefficient (Wildman–Crippen LogP) is 3.40. The van der Waals surface area contributed by atoms with Crippen LogP contribution in [0.15, 0.2) is 30.6 Å². The summed E-state index contributed by atoms with van der Waals surface area (Å²) in [6, 6.07) is 5.24. The predicted molar refractivity (Wildman–Crippen MR) is 72.4 cm³/mol. The minimum absolute atomic E-state index is 0.289. The summed E-state index contributed by atoms with van der Waals surface area (Å²) in [4.78, 5) is 8.33. The van der Waals surface area contributed by atoms with Crippen LogP contribution in [0, 0.1) is 0 Å². The standard InChI is InChI=1S/C12H11Cl2N3O/c1-15-11-6-16-8(5-17-11)7-18-10-4-2-3-9(13)12(10)14/h2-6H,7H2,1H3,(H,15,17). The molecule has 6 heteroatoms. The number of nitrogens with one attached hydrogen (secondary N) is 1. The van der Waals surface area contributed by atoms with Crippen molar-refractivity contribution in [2.45, 2.75) is 6.61 Å². The van der Waals surface area contributed by atoms with Crippen LogP contribution >= 0.6 is 23.2 Å². The molecule has 0 saturated heterocycles. The SMILES string of the molecule is CNc1cnc(COc2cccc(Cl)c2Cl)cn1. The Morgan fingerprint density at radius 1 is 1.22 bits per heavy atom. The fourth-order valence-corrected chi connectivity index (χ4v) is 1.65.